The standard InChI is InChI=1S/C50H30N2S.C40H23BrN2S.C10H9BO2.2CH4/c1-3-14-35-31(10-1)12-7-17-36(35)34-24-25-39-43(30-34)40-26-28-51(44-19-8-13-33-23-22-32-11-2-4-15-37(32)47(33)44)49(40)42-27-29-52(48(39)42)45-20-9-18-41-38-16-5-6-21-46(38)53-50(41)45;41-26-17-18-29-33(23-26)30-19-21-42(34-12-5-8-25-16-15-24-7-1-2-9-27(24)37(25)34)39(30)32-20-22-43(38(29)32)35-13-6-11-31-28-10-3-4-14-36(28)44-40(31)35;12-11(13)10-7-3-5-8-4-1-2-6-9(8)10;;/h1-30H;1-23H;1-7,12-13H;2*1H4. The predicted octanol–water partition coefficient (Wildman–Crippen LogP) is 28.2. The number of hydrogen-bond donors (Lipinski definition) is 2. The maximum atomic E-state index is 9.08. The molecular formula is C102H70BBrN4O2S2. The SMILES string of the molecule is Brc1ccc2c(c1)c1ccn(-c3cccc4ccc5ccccc5c34)c1c1ccn(-c3cccc4c3sc3ccccc34)c21.C.C.OB(O)c1cccc2ccccc12.c1ccc2c(-c3ccc4c(c3)c3ccn(-c5cccc6ccc7ccccc7c56)c3c3ccn(-c5cccc6c5sc5ccccc56)c43)cccc2c1. The van der Waals surface area contributed by atoms with Gasteiger partial charge in [0.15, 0.2) is 0 Å². The summed E-state index contributed by atoms with van der Waals surface area (Å²) in [6.07, 6.45) is 9.09. The molecule has 112 heavy (non-hydrogen) atoms. The van der Waals surface area contributed by atoms with Gasteiger partial charge in [-0.2, -0.15) is 0 Å². The van der Waals surface area contributed by atoms with Gasteiger partial charge in [0.1, 0.15) is 0 Å². The molecule has 0 amide bonds. The molecule has 0 saturated heterocycles. The van der Waals surface area contributed by atoms with Crippen LogP contribution in [0, 0.1) is 0 Å². The van der Waals surface area contributed by atoms with E-state index >= 15 is 0 Å². The van der Waals surface area contributed by atoms with Crippen LogP contribution in [0.25, 0.3) is 204 Å². The Hall–Kier alpha value is -12.9. The van der Waals surface area contributed by atoms with Gasteiger partial charge in [0.05, 0.1) is 54.2 Å². The molecule has 10 heteroatoms. The van der Waals surface area contributed by atoms with E-state index in [9.17, 15) is 0 Å². The number of fused-ring (bicyclic) bond motifs is 26. The first-order chi connectivity index (χ1) is 54.3. The molecule has 6 nitrogen and oxygen atoms in total. The molecule has 24 aromatic rings. The van der Waals surface area contributed by atoms with Gasteiger partial charge < -0.3 is 28.3 Å². The molecule has 18 aromatic carbocycles. The van der Waals surface area contributed by atoms with Gasteiger partial charge in [0.25, 0.3) is 0 Å². The van der Waals surface area contributed by atoms with Gasteiger partial charge in [-0.15, -0.1) is 22.7 Å². The summed E-state index contributed by atoms with van der Waals surface area (Å²) in [7, 11) is -1.40. The molecule has 0 aliphatic heterocycles. The average molecular weight is 1540 g/mol. The molecule has 0 radical (unpaired) electrons. The average Bonchev–Trinajstić information content (AvgIpc) is 1.52. The summed E-state index contributed by atoms with van der Waals surface area (Å²) in [5, 5.41) is 47.9. The van der Waals surface area contributed by atoms with Crippen molar-refractivity contribution in [2.24, 2.45) is 0 Å². The Balaban J connectivity index is 0.000000125. The van der Waals surface area contributed by atoms with Crippen molar-refractivity contribution >= 4 is 221 Å². The van der Waals surface area contributed by atoms with E-state index in [1.54, 1.807) is 6.07 Å². The lowest BCUT2D eigenvalue weighted by Crippen LogP contribution is -2.30. The summed E-state index contributed by atoms with van der Waals surface area (Å²) in [5.41, 5.74) is 12.8. The first-order valence-corrected chi connectivity index (χ1v) is 39.5. The molecular weight excluding hydrogens is 1470 g/mol. The number of benzene rings is 18. The van der Waals surface area contributed by atoms with Crippen molar-refractivity contribution < 1.29 is 10.0 Å². The van der Waals surface area contributed by atoms with Crippen LogP contribution in [0.1, 0.15) is 14.9 Å². The van der Waals surface area contributed by atoms with Crippen LogP contribution in [0.15, 0.2) is 369 Å². The van der Waals surface area contributed by atoms with Crippen LogP contribution in [-0.4, -0.2) is 35.4 Å². The van der Waals surface area contributed by atoms with Gasteiger partial charge >= 0.3 is 7.12 Å². The molecule has 24 rings (SSSR count). The lowest BCUT2D eigenvalue weighted by Gasteiger charge is -2.16. The summed E-state index contributed by atoms with van der Waals surface area (Å²) in [6.45, 7) is 0. The van der Waals surface area contributed by atoms with Crippen molar-refractivity contribution in [3.63, 3.8) is 0 Å². The van der Waals surface area contributed by atoms with E-state index < -0.39 is 7.12 Å². The van der Waals surface area contributed by atoms with E-state index in [-0.39, 0.29) is 14.9 Å². The molecule has 0 atom stereocenters. The summed E-state index contributed by atoms with van der Waals surface area (Å²) in [5.74, 6) is 0. The second-order valence-corrected chi connectivity index (χ2v) is 31.6. The van der Waals surface area contributed by atoms with Crippen LogP contribution < -0.4 is 5.46 Å². The van der Waals surface area contributed by atoms with E-state index in [1.165, 1.54) is 193 Å². The van der Waals surface area contributed by atoms with Crippen LogP contribution in [0.3, 0.4) is 0 Å². The Morgan fingerprint density at radius 1 is 0.250 bits per heavy atom. The Kier molecular flexibility index (Phi) is 16.7. The number of rotatable bonds is 6. The lowest BCUT2D eigenvalue weighted by atomic mass is 9.77. The van der Waals surface area contributed by atoms with E-state index in [1.807, 2.05) is 59.1 Å². The van der Waals surface area contributed by atoms with Gasteiger partial charge in [0, 0.05) is 103 Å². The lowest BCUT2D eigenvalue weighted by molar-refractivity contribution is 0.426. The minimum Gasteiger partial charge on any atom is -0.423 e. The largest absolute Gasteiger partial charge is 0.489 e. The molecule has 0 spiro atoms. The van der Waals surface area contributed by atoms with Crippen LogP contribution in [0.4, 0.5) is 0 Å². The maximum absolute atomic E-state index is 9.08. The summed E-state index contributed by atoms with van der Waals surface area (Å²) < 4.78 is 16.1. The maximum Gasteiger partial charge on any atom is 0.489 e. The molecule has 532 valence electrons. The number of halogens is 1. The Morgan fingerprint density at radius 3 is 1.12 bits per heavy atom. The van der Waals surface area contributed by atoms with Gasteiger partial charge in [0.2, 0.25) is 0 Å². The second kappa shape index (κ2) is 27.3. The zero-order chi connectivity index (χ0) is 72.8. The number of hydrogen-bond acceptors (Lipinski definition) is 4. The zero-order valence-electron chi connectivity index (χ0n) is 59.1. The van der Waals surface area contributed by atoms with Crippen LogP contribution in [0.2, 0.25) is 0 Å². The molecule has 2 N–H and O–H groups in total. The molecule has 0 aliphatic carbocycles. The zero-order valence-corrected chi connectivity index (χ0v) is 62.3. The minimum absolute atomic E-state index is 0. The highest BCUT2D eigenvalue weighted by atomic mass is 79.9. The van der Waals surface area contributed by atoms with Gasteiger partial charge in [-0.3, -0.25) is 0 Å². The first-order valence-electron chi connectivity index (χ1n) is 37.1. The molecule has 0 bridgehead atoms. The van der Waals surface area contributed by atoms with Gasteiger partial charge in [-0.05, 0) is 160 Å². The normalized spacial score (nSPS) is 11.7. The summed E-state index contributed by atoms with van der Waals surface area (Å²) in [4.78, 5) is 0. The van der Waals surface area contributed by atoms with Gasteiger partial charge in [-0.25, -0.2) is 0 Å². The fraction of sp³-hybridized carbons (Fsp3) is 0.0196. The third-order valence-electron chi connectivity index (χ3n) is 22.6. The van der Waals surface area contributed by atoms with Crippen LogP contribution in [0.5, 0.6) is 0 Å². The smallest absolute Gasteiger partial charge is 0.423 e. The molecule has 6 heterocycles. The Bertz CT molecular complexity index is 7940. The summed E-state index contributed by atoms with van der Waals surface area (Å²) >= 11 is 7.55. The molecule has 0 aliphatic rings. The quantitative estimate of drug-likeness (QED) is 0.129. The van der Waals surface area contributed by atoms with E-state index in [0.717, 1.165) is 15.2 Å². The Morgan fingerprint density at radius 2 is 0.598 bits per heavy atom. The van der Waals surface area contributed by atoms with Crippen molar-refractivity contribution in [2.45, 2.75) is 14.9 Å². The molecule has 6 aromatic heterocycles. The molecule has 0 saturated carbocycles. The van der Waals surface area contributed by atoms with Crippen LogP contribution in [-0.2, 0) is 0 Å². The monoisotopic (exact) mass is 1540 g/mol. The number of thiophene rings is 2. The number of aromatic nitrogens is 4. The summed E-state index contributed by atoms with van der Waals surface area (Å²) in [6, 6.07) is 122. The van der Waals surface area contributed by atoms with E-state index in [2.05, 4.69) is 356 Å². The van der Waals surface area contributed by atoms with Crippen molar-refractivity contribution in [2.75, 3.05) is 0 Å². The highest BCUT2D eigenvalue weighted by Gasteiger charge is 2.24. The third kappa shape index (κ3) is 10.7. The minimum atomic E-state index is -1.40. The topological polar surface area (TPSA) is 60.2 Å². The van der Waals surface area contributed by atoms with Crippen LogP contribution >= 0.6 is 38.6 Å². The van der Waals surface area contributed by atoms with Crippen molar-refractivity contribution in [3.05, 3.63) is 369 Å². The number of nitrogens with zero attached hydrogens (tertiary/aromatic N) is 4. The van der Waals surface area contributed by atoms with E-state index in [4.69, 9.17) is 10.0 Å². The highest BCUT2D eigenvalue weighted by Crippen LogP contribution is 2.48. The van der Waals surface area contributed by atoms with E-state index in [0.29, 0.717) is 5.46 Å². The molecule has 0 fully saturated rings. The fourth-order valence-corrected chi connectivity index (χ4v) is 20.6. The van der Waals surface area contributed by atoms with Crippen molar-refractivity contribution in [3.8, 4) is 33.9 Å². The highest BCUT2D eigenvalue weighted by molar-refractivity contribution is 9.10. The van der Waals surface area contributed by atoms with Crippen molar-refractivity contribution in [1.29, 1.82) is 0 Å². The second-order valence-electron chi connectivity index (χ2n) is 28.5. The molecule has 0 unspecified atom stereocenters. The Labute approximate surface area is 662 Å². The fourth-order valence-electron chi connectivity index (χ4n) is 17.8. The first kappa shape index (κ1) is 68.4. The van der Waals surface area contributed by atoms with Gasteiger partial charge in [-0.1, -0.05) is 292 Å². The third-order valence-corrected chi connectivity index (χ3v) is 25.6. The predicted molar refractivity (Wildman–Crippen MR) is 489 cm³/mol. The van der Waals surface area contributed by atoms with Crippen molar-refractivity contribution in [1.82, 2.24) is 18.3 Å².